The Morgan fingerprint density at radius 1 is 1.58 bits per heavy atom. The quantitative estimate of drug-likeness (QED) is 0.613. The van der Waals surface area contributed by atoms with Crippen LogP contribution in [0.1, 0.15) is 12.8 Å². The van der Waals surface area contributed by atoms with Gasteiger partial charge in [0.15, 0.2) is 6.30 Å². The zero-order chi connectivity index (χ0) is 9.14. The Hall–Kier alpha value is -0.710. The molecular weight excluding hydrogens is 168 g/mol. The van der Waals surface area contributed by atoms with E-state index in [1.807, 2.05) is 0 Å². The predicted octanol–water partition coefficient (Wildman–Crippen LogP) is 0.704. The number of piperidine rings is 1. The van der Waals surface area contributed by atoms with Crippen LogP contribution >= 0.6 is 0 Å². The highest BCUT2D eigenvalue weighted by Crippen LogP contribution is 2.23. The van der Waals surface area contributed by atoms with E-state index in [1.54, 1.807) is 0 Å². The average molecular weight is 179 g/mol. The summed E-state index contributed by atoms with van der Waals surface area (Å²) in [5.74, 6) is -1.75. The minimum atomic E-state index is -1.71. The molecule has 0 saturated carbocycles. The van der Waals surface area contributed by atoms with Crippen molar-refractivity contribution in [2.75, 3.05) is 6.54 Å². The molecule has 1 aliphatic rings. The molecule has 12 heavy (non-hydrogen) atoms. The monoisotopic (exact) mass is 179 g/mol. The van der Waals surface area contributed by atoms with Crippen LogP contribution in [0.3, 0.4) is 0 Å². The van der Waals surface area contributed by atoms with Crippen LogP contribution in [0.5, 0.6) is 0 Å². The van der Waals surface area contributed by atoms with Crippen molar-refractivity contribution in [3.05, 3.63) is 0 Å². The van der Waals surface area contributed by atoms with Gasteiger partial charge in [-0.05, 0) is 13.0 Å². The molecule has 0 amide bonds. The average Bonchev–Trinajstić information content (AvgIpc) is 1.98. The van der Waals surface area contributed by atoms with E-state index in [0.29, 0.717) is 13.0 Å². The van der Waals surface area contributed by atoms with Gasteiger partial charge < -0.3 is 5.11 Å². The molecule has 70 valence electrons. The number of nitrogens with one attached hydrogen (secondary N) is 1. The lowest BCUT2D eigenvalue weighted by molar-refractivity contribution is -0.139. The molecule has 3 nitrogen and oxygen atoms in total. The summed E-state index contributed by atoms with van der Waals surface area (Å²) in [4.78, 5) is 10.2. The molecule has 3 atom stereocenters. The van der Waals surface area contributed by atoms with Gasteiger partial charge in [-0.3, -0.25) is 10.1 Å². The SMILES string of the molecule is O=C(O)CC1CCNC(F)C1F. The van der Waals surface area contributed by atoms with E-state index in [0.717, 1.165) is 0 Å². The smallest absolute Gasteiger partial charge is 0.303 e. The maximum atomic E-state index is 12.9. The van der Waals surface area contributed by atoms with Crippen molar-refractivity contribution in [2.24, 2.45) is 5.92 Å². The third-order valence-corrected chi connectivity index (χ3v) is 2.02. The molecule has 1 fully saturated rings. The largest absolute Gasteiger partial charge is 0.481 e. The van der Waals surface area contributed by atoms with Gasteiger partial charge in [-0.2, -0.15) is 0 Å². The van der Waals surface area contributed by atoms with Gasteiger partial charge in [0.2, 0.25) is 0 Å². The lowest BCUT2D eigenvalue weighted by Crippen LogP contribution is -2.45. The van der Waals surface area contributed by atoms with E-state index >= 15 is 0 Å². The zero-order valence-corrected chi connectivity index (χ0v) is 6.46. The van der Waals surface area contributed by atoms with Gasteiger partial charge in [0.25, 0.3) is 0 Å². The van der Waals surface area contributed by atoms with Gasteiger partial charge in [0.05, 0.1) is 6.42 Å². The van der Waals surface area contributed by atoms with Crippen molar-refractivity contribution in [2.45, 2.75) is 25.3 Å². The summed E-state index contributed by atoms with van der Waals surface area (Å²) in [7, 11) is 0. The van der Waals surface area contributed by atoms with Crippen LogP contribution < -0.4 is 5.32 Å². The van der Waals surface area contributed by atoms with E-state index in [4.69, 9.17) is 5.11 Å². The molecule has 3 unspecified atom stereocenters. The number of alkyl halides is 2. The first-order valence-corrected chi connectivity index (χ1v) is 3.84. The number of rotatable bonds is 2. The Morgan fingerprint density at radius 3 is 2.83 bits per heavy atom. The van der Waals surface area contributed by atoms with E-state index < -0.39 is 24.4 Å². The van der Waals surface area contributed by atoms with E-state index in [2.05, 4.69) is 5.32 Å². The summed E-state index contributed by atoms with van der Waals surface area (Å²) < 4.78 is 25.5. The Labute approximate surface area is 68.8 Å². The van der Waals surface area contributed by atoms with Gasteiger partial charge in [0.1, 0.15) is 6.17 Å². The molecule has 1 saturated heterocycles. The van der Waals surface area contributed by atoms with Crippen LogP contribution in [0.25, 0.3) is 0 Å². The highest BCUT2D eigenvalue weighted by molar-refractivity contribution is 5.67. The highest BCUT2D eigenvalue weighted by Gasteiger charge is 2.34. The maximum absolute atomic E-state index is 12.9. The molecule has 0 aromatic heterocycles. The fraction of sp³-hybridized carbons (Fsp3) is 0.857. The number of carbonyl (C=O) groups is 1. The molecular formula is C7H11F2NO2. The summed E-state index contributed by atoms with van der Waals surface area (Å²) in [6.07, 6.45) is -3.30. The fourth-order valence-electron chi connectivity index (χ4n) is 1.36. The van der Waals surface area contributed by atoms with Crippen molar-refractivity contribution in [1.29, 1.82) is 0 Å². The zero-order valence-electron chi connectivity index (χ0n) is 6.46. The molecule has 5 heteroatoms. The second-order valence-electron chi connectivity index (χ2n) is 2.95. The Bertz CT molecular complexity index is 177. The first-order chi connectivity index (χ1) is 5.61. The fourth-order valence-corrected chi connectivity index (χ4v) is 1.36. The molecule has 2 N–H and O–H groups in total. The normalized spacial score (nSPS) is 36.3. The number of hydrogen-bond acceptors (Lipinski definition) is 2. The summed E-state index contributed by atoms with van der Waals surface area (Å²) >= 11 is 0. The lowest BCUT2D eigenvalue weighted by Gasteiger charge is -2.28. The number of carboxylic acids is 1. The number of aliphatic carboxylic acids is 1. The summed E-state index contributed by atoms with van der Waals surface area (Å²) in [6.45, 7) is 0.347. The summed E-state index contributed by atoms with van der Waals surface area (Å²) in [5.41, 5.74) is 0. The minimum Gasteiger partial charge on any atom is -0.481 e. The van der Waals surface area contributed by atoms with Crippen molar-refractivity contribution in [3.8, 4) is 0 Å². The van der Waals surface area contributed by atoms with Gasteiger partial charge in [-0.1, -0.05) is 0 Å². The highest BCUT2D eigenvalue weighted by atomic mass is 19.2. The summed E-state index contributed by atoms with van der Waals surface area (Å²) in [5, 5.41) is 10.7. The second-order valence-corrected chi connectivity index (χ2v) is 2.95. The first kappa shape index (κ1) is 9.38. The molecule has 0 aliphatic carbocycles. The molecule has 0 bridgehead atoms. The standard InChI is InChI=1S/C7H11F2NO2/c8-6-4(3-5(11)12)1-2-10-7(6)9/h4,6-7,10H,1-3H2,(H,11,12). The summed E-state index contributed by atoms with van der Waals surface area (Å²) in [6, 6.07) is 0. The van der Waals surface area contributed by atoms with E-state index in [9.17, 15) is 13.6 Å². The van der Waals surface area contributed by atoms with E-state index in [1.165, 1.54) is 0 Å². The van der Waals surface area contributed by atoms with Crippen LogP contribution in [0.2, 0.25) is 0 Å². The van der Waals surface area contributed by atoms with Crippen LogP contribution in [0.15, 0.2) is 0 Å². The van der Waals surface area contributed by atoms with E-state index in [-0.39, 0.29) is 6.42 Å². The lowest BCUT2D eigenvalue weighted by atomic mass is 9.92. The van der Waals surface area contributed by atoms with Gasteiger partial charge >= 0.3 is 5.97 Å². The molecule has 0 aromatic rings. The Balaban J connectivity index is 2.46. The van der Waals surface area contributed by atoms with Gasteiger partial charge in [-0.15, -0.1) is 0 Å². The van der Waals surface area contributed by atoms with Crippen LogP contribution in [0, 0.1) is 5.92 Å². The molecule has 0 spiro atoms. The number of hydrogen-bond donors (Lipinski definition) is 2. The third-order valence-electron chi connectivity index (χ3n) is 2.02. The molecule has 1 rings (SSSR count). The molecule has 0 radical (unpaired) electrons. The van der Waals surface area contributed by atoms with Crippen LogP contribution in [-0.2, 0) is 4.79 Å². The number of carboxylic acid groups (broad SMARTS) is 1. The first-order valence-electron chi connectivity index (χ1n) is 3.84. The molecule has 0 aromatic carbocycles. The topological polar surface area (TPSA) is 49.3 Å². The van der Waals surface area contributed by atoms with Crippen molar-refractivity contribution >= 4 is 5.97 Å². The van der Waals surface area contributed by atoms with Crippen LogP contribution in [-0.4, -0.2) is 30.1 Å². The van der Waals surface area contributed by atoms with Crippen molar-refractivity contribution < 1.29 is 18.7 Å². The second kappa shape index (κ2) is 3.80. The predicted molar refractivity (Wildman–Crippen MR) is 38.2 cm³/mol. The third kappa shape index (κ3) is 2.14. The minimum absolute atomic E-state index is 0.288. The maximum Gasteiger partial charge on any atom is 0.303 e. The number of halogens is 2. The molecule has 1 heterocycles. The molecule has 1 aliphatic heterocycles. The van der Waals surface area contributed by atoms with Crippen LogP contribution in [0.4, 0.5) is 8.78 Å². The Kier molecular flexibility index (Phi) is 2.97. The Morgan fingerprint density at radius 2 is 2.25 bits per heavy atom. The van der Waals surface area contributed by atoms with Crippen molar-refractivity contribution in [1.82, 2.24) is 5.32 Å². The van der Waals surface area contributed by atoms with Gasteiger partial charge in [0, 0.05) is 5.92 Å². The van der Waals surface area contributed by atoms with Gasteiger partial charge in [-0.25, -0.2) is 8.78 Å². The van der Waals surface area contributed by atoms with Crippen molar-refractivity contribution in [3.63, 3.8) is 0 Å².